The van der Waals surface area contributed by atoms with E-state index < -0.39 is 6.09 Å². The highest BCUT2D eigenvalue weighted by molar-refractivity contribution is 7.08. The van der Waals surface area contributed by atoms with Crippen molar-refractivity contribution in [3.05, 3.63) is 63.9 Å². The van der Waals surface area contributed by atoms with Gasteiger partial charge in [-0.1, -0.05) is 42.5 Å². The highest BCUT2D eigenvalue weighted by Crippen LogP contribution is 2.14. The Hall–Kier alpha value is -2.40. The van der Waals surface area contributed by atoms with Crippen LogP contribution in [0.25, 0.3) is 6.08 Å². The monoisotopic (exact) mass is 315 g/mol. The van der Waals surface area contributed by atoms with E-state index in [-0.39, 0.29) is 6.61 Å². The van der Waals surface area contributed by atoms with Crippen LogP contribution in [0.3, 0.4) is 0 Å². The van der Waals surface area contributed by atoms with E-state index in [2.05, 4.69) is 5.32 Å². The van der Waals surface area contributed by atoms with Crippen molar-refractivity contribution in [1.82, 2.24) is 5.32 Å². The van der Waals surface area contributed by atoms with E-state index >= 15 is 0 Å². The summed E-state index contributed by atoms with van der Waals surface area (Å²) in [6.45, 7) is 0.755. The lowest BCUT2D eigenvalue weighted by atomic mass is 10.2. The summed E-state index contributed by atoms with van der Waals surface area (Å²) in [4.78, 5) is 22.3. The van der Waals surface area contributed by atoms with Crippen molar-refractivity contribution in [1.29, 1.82) is 0 Å². The molecule has 0 radical (unpaired) electrons. The summed E-state index contributed by atoms with van der Waals surface area (Å²) < 4.78 is 5.10. The Morgan fingerprint density at radius 3 is 2.73 bits per heavy atom. The smallest absolute Gasteiger partial charge is 0.407 e. The predicted molar refractivity (Wildman–Crippen MR) is 88.0 cm³/mol. The van der Waals surface area contributed by atoms with Gasteiger partial charge in [-0.25, -0.2) is 4.79 Å². The molecule has 0 aliphatic rings. The van der Waals surface area contributed by atoms with Gasteiger partial charge in [0.1, 0.15) is 6.61 Å². The SMILES string of the molecule is O=Cc1cscc1C=CCCNC(=O)OCc1ccccc1. The third-order valence-electron chi connectivity index (χ3n) is 2.94. The number of carbonyl (C=O) groups excluding carboxylic acids is 2. The molecule has 1 aromatic heterocycles. The van der Waals surface area contributed by atoms with Gasteiger partial charge in [-0.15, -0.1) is 0 Å². The van der Waals surface area contributed by atoms with Gasteiger partial charge in [0, 0.05) is 17.5 Å². The number of carbonyl (C=O) groups is 2. The van der Waals surface area contributed by atoms with E-state index in [9.17, 15) is 9.59 Å². The molecular formula is C17H17NO3S. The molecule has 0 bridgehead atoms. The second kappa shape index (κ2) is 8.79. The molecule has 4 nitrogen and oxygen atoms in total. The standard InChI is InChI=1S/C17H17NO3S/c19-10-16-13-22-12-15(16)8-4-5-9-18-17(20)21-11-14-6-2-1-3-7-14/h1-4,6-8,10,12-13H,5,9,11H2,(H,18,20). The number of amides is 1. The zero-order chi connectivity index (χ0) is 15.6. The Balaban J connectivity index is 1.64. The van der Waals surface area contributed by atoms with E-state index in [1.54, 1.807) is 0 Å². The van der Waals surface area contributed by atoms with E-state index in [1.165, 1.54) is 11.3 Å². The molecule has 22 heavy (non-hydrogen) atoms. The number of aldehydes is 1. The number of alkyl carbamates (subject to hydrolysis) is 1. The molecule has 2 rings (SSSR count). The number of rotatable bonds is 7. The highest BCUT2D eigenvalue weighted by Gasteiger charge is 2.01. The number of thiophene rings is 1. The highest BCUT2D eigenvalue weighted by atomic mass is 32.1. The topological polar surface area (TPSA) is 55.4 Å². The molecule has 1 heterocycles. The predicted octanol–water partition coefficient (Wildman–Crippen LogP) is 3.89. The van der Waals surface area contributed by atoms with Crippen LogP contribution < -0.4 is 5.32 Å². The molecule has 2 aromatic rings. The van der Waals surface area contributed by atoms with E-state index in [4.69, 9.17) is 4.74 Å². The molecule has 1 N–H and O–H groups in total. The maximum atomic E-state index is 11.5. The van der Waals surface area contributed by atoms with E-state index in [0.717, 1.165) is 17.4 Å². The molecule has 0 saturated heterocycles. The van der Waals surface area contributed by atoms with Crippen molar-refractivity contribution in [3.8, 4) is 0 Å². The first-order valence-corrected chi connectivity index (χ1v) is 7.86. The lowest BCUT2D eigenvalue weighted by Crippen LogP contribution is -2.24. The third-order valence-corrected chi connectivity index (χ3v) is 3.72. The van der Waals surface area contributed by atoms with Crippen LogP contribution in [0.5, 0.6) is 0 Å². The van der Waals surface area contributed by atoms with Gasteiger partial charge in [0.05, 0.1) is 0 Å². The minimum atomic E-state index is -0.429. The fourth-order valence-corrected chi connectivity index (χ4v) is 2.56. The van der Waals surface area contributed by atoms with Gasteiger partial charge >= 0.3 is 6.09 Å². The molecule has 0 saturated carbocycles. The van der Waals surface area contributed by atoms with Crippen molar-refractivity contribution < 1.29 is 14.3 Å². The van der Waals surface area contributed by atoms with Crippen LogP contribution in [-0.4, -0.2) is 18.9 Å². The van der Waals surface area contributed by atoms with Crippen molar-refractivity contribution >= 4 is 29.8 Å². The summed E-state index contributed by atoms with van der Waals surface area (Å²) in [5.74, 6) is 0. The lowest BCUT2D eigenvalue weighted by Gasteiger charge is -2.05. The van der Waals surface area contributed by atoms with Gasteiger partial charge in [-0.3, -0.25) is 4.79 Å². The zero-order valence-electron chi connectivity index (χ0n) is 12.0. The van der Waals surface area contributed by atoms with Crippen LogP contribution >= 0.6 is 11.3 Å². The average molecular weight is 315 g/mol. The number of benzene rings is 1. The average Bonchev–Trinajstić information content (AvgIpc) is 3.01. The maximum Gasteiger partial charge on any atom is 0.407 e. The van der Waals surface area contributed by atoms with Gasteiger partial charge in [0.2, 0.25) is 0 Å². The van der Waals surface area contributed by atoms with Crippen LogP contribution in [-0.2, 0) is 11.3 Å². The second-order valence-corrected chi connectivity index (χ2v) is 5.32. The molecule has 5 heteroatoms. The fraction of sp³-hybridized carbons (Fsp3) is 0.176. The first-order valence-electron chi connectivity index (χ1n) is 6.92. The normalized spacial score (nSPS) is 10.5. The Morgan fingerprint density at radius 1 is 1.18 bits per heavy atom. The lowest BCUT2D eigenvalue weighted by molar-refractivity contribution is 0.112. The van der Waals surface area contributed by atoms with Gasteiger partial charge in [-0.2, -0.15) is 11.3 Å². The number of hydrogen-bond acceptors (Lipinski definition) is 4. The Labute approximate surface area is 133 Å². The van der Waals surface area contributed by atoms with E-state index in [1.807, 2.05) is 53.2 Å². The molecule has 0 atom stereocenters. The zero-order valence-corrected chi connectivity index (χ0v) is 12.8. The molecule has 1 amide bonds. The number of ether oxygens (including phenoxy) is 1. The minimum Gasteiger partial charge on any atom is -0.445 e. The molecule has 1 aromatic carbocycles. The van der Waals surface area contributed by atoms with Crippen molar-refractivity contribution in [3.63, 3.8) is 0 Å². The van der Waals surface area contributed by atoms with Gasteiger partial charge in [0.25, 0.3) is 0 Å². The van der Waals surface area contributed by atoms with Gasteiger partial charge in [0.15, 0.2) is 6.29 Å². The molecule has 0 fully saturated rings. The summed E-state index contributed by atoms with van der Waals surface area (Å²) in [5.41, 5.74) is 2.56. The second-order valence-electron chi connectivity index (χ2n) is 4.58. The van der Waals surface area contributed by atoms with Crippen molar-refractivity contribution in [2.45, 2.75) is 13.0 Å². The van der Waals surface area contributed by atoms with Crippen LogP contribution in [0, 0.1) is 0 Å². The van der Waals surface area contributed by atoms with Crippen LogP contribution in [0.2, 0.25) is 0 Å². The fourth-order valence-electron chi connectivity index (χ4n) is 1.79. The molecule has 114 valence electrons. The summed E-state index contributed by atoms with van der Waals surface area (Å²) >= 11 is 1.49. The van der Waals surface area contributed by atoms with Gasteiger partial charge < -0.3 is 10.1 Å². The van der Waals surface area contributed by atoms with Crippen molar-refractivity contribution in [2.24, 2.45) is 0 Å². The molecule has 0 spiro atoms. The Bertz CT molecular complexity index is 634. The molecule has 0 unspecified atom stereocenters. The van der Waals surface area contributed by atoms with Crippen molar-refractivity contribution in [2.75, 3.05) is 6.54 Å². The van der Waals surface area contributed by atoms with E-state index in [0.29, 0.717) is 18.5 Å². The molecule has 0 aliphatic carbocycles. The Kier molecular flexibility index (Phi) is 6.39. The largest absolute Gasteiger partial charge is 0.445 e. The summed E-state index contributed by atoms with van der Waals surface area (Å²) in [7, 11) is 0. The quantitative estimate of drug-likeness (QED) is 0.623. The van der Waals surface area contributed by atoms with Crippen LogP contribution in [0.1, 0.15) is 27.9 Å². The molecular weight excluding hydrogens is 298 g/mol. The van der Waals surface area contributed by atoms with Gasteiger partial charge in [-0.05, 0) is 22.9 Å². The summed E-state index contributed by atoms with van der Waals surface area (Å²) in [6.07, 6.45) is 4.90. The minimum absolute atomic E-state index is 0.264. The van der Waals surface area contributed by atoms with Crippen LogP contribution in [0.15, 0.2) is 47.2 Å². The number of nitrogens with one attached hydrogen (secondary N) is 1. The third kappa shape index (κ3) is 5.18. The Morgan fingerprint density at radius 2 is 1.95 bits per heavy atom. The van der Waals surface area contributed by atoms with Crippen LogP contribution in [0.4, 0.5) is 4.79 Å². The summed E-state index contributed by atoms with van der Waals surface area (Å²) in [6, 6.07) is 9.53. The first-order chi connectivity index (χ1) is 10.8. The maximum absolute atomic E-state index is 11.5. The number of hydrogen-bond donors (Lipinski definition) is 1. The molecule has 0 aliphatic heterocycles. The first kappa shape index (κ1) is 16.0. The summed E-state index contributed by atoms with van der Waals surface area (Å²) in [5, 5.41) is 6.41.